The summed E-state index contributed by atoms with van der Waals surface area (Å²) in [6, 6.07) is 18.7. The molecular formula is C26H23ClFN3O2. The molecule has 4 aromatic rings. The number of carbonyl (C=O) groups excluding carboxylic acids is 1. The van der Waals surface area contributed by atoms with Gasteiger partial charge in [-0.25, -0.2) is 9.18 Å². The normalized spacial score (nSPS) is 15.4. The predicted molar refractivity (Wildman–Crippen MR) is 129 cm³/mol. The third-order valence-electron chi connectivity index (χ3n) is 5.96. The van der Waals surface area contributed by atoms with Crippen molar-refractivity contribution in [1.82, 2.24) is 9.88 Å². The number of fused-ring (bicyclic) bond motifs is 3. The summed E-state index contributed by atoms with van der Waals surface area (Å²) in [6.45, 7) is 2.89. The van der Waals surface area contributed by atoms with Crippen LogP contribution in [0.4, 0.5) is 14.9 Å². The smallest absolute Gasteiger partial charge is 0.322 e. The zero-order valence-electron chi connectivity index (χ0n) is 18.1. The van der Waals surface area contributed by atoms with Gasteiger partial charge in [-0.3, -0.25) is 0 Å². The minimum Gasteiger partial charge on any atom is -0.492 e. The van der Waals surface area contributed by atoms with E-state index in [4.69, 9.17) is 16.3 Å². The highest BCUT2D eigenvalue weighted by Gasteiger charge is 2.35. The number of para-hydroxylation sites is 2. The number of carbonyl (C=O) groups is 1. The lowest BCUT2D eigenvalue weighted by molar-refractivity contribution is 0.193. The van der Waals surface area contributed by atoms with Gasteiger partial charge in [0.1, 0.15) is 11.6 Å². The summed E-state index contributed by atoms with van der Waals surface area (Å²) in [5.74, 6) is 0.296. The number of nitrogens with one attached hydrogen (secondary N) is 2. The van der Waals surface area contributed by atoms with Gasteiger partial charge in [0.05, 0.1) is 18.3 Å². The van der Waals surface area contributed by atoms with Gasteiger partial charge in [0, 0.05) is 28.2 Å². The number of amides is 2. The standard InChI is InChI=1S/C26H23ClFN3O2/c1-2-33-23-6-4-3-5-22(23)30-26(32)31-14-13-19-20-15-17(27)9-12-21(20)29-24(19)25(31)16-7-10-18(28)11-8-16/h3-12,15,25,29H,2,13-14H2,1H3,(H,30,32)/t25-/m1/s1. The first kappa shape index (κ1) is 21.3. The molecule has 5 rings (SSSR count). The second-order valence-corrected chi connectivity index (χ2v) is 8.40. The van der Waals surface area contributed by atoms with Crippen molar-refractivity contribution in [1.29, 1.82) is 0 Å². The molecule has 0 radical (unpaired) electrons. The molecule has 1 aliphatic heterocycles. The molecule has 0 saturated heterocycles. The Labute approximate surface area is 196 Å². The highest BCUT2D eigenvalue weighted by Crippen LogP contribution is 2.39. The largest absolute Gasteiger partial charge is 0.492 e. The molecule has 168 valence electrons. The quantitative estimate of drug-likeness (QED) is 0.361. The van der Waals surface area contributed by atoms with Crippen molar-refractivity contribution in [2.24, 2.45) is 0 Å². The SMILES string of the molecule is CCOc1ccccc1NC(=O)N1CCc2c([nH]c3ccc(Cl)cc23)[C@H]1c1ccc(F)cc1. The number of hydrogen-bond donors (Lipinski definition) is 2. The first-order chi connectivity index (χ1) is 16.0. The number of benzene rings is 3. The molecule has 2 N–H and O–H groups in total. The van der Waals surface area contributed by atoms with Crippen LogP contribution in [0.3, 0.4) is 0 Å². The Morgan fingerprint density at radius 2 is 1.97 bits per heavy atom. The Morgan fingerprint density at radius 3 is 2.76 bits per heavy atom. The van der Waals surface area contributed by atoms with Gasteiger partial charge in [-0.2, -0.15) is 0 Å². The summed E-state index contributed by atoms with van der Waals surface area (Å²) in [5.41, 5.74) is 4.43. The molecule has 1 aromatic heterocycles. The van der Waals surface area contributed by atoms with E-state index in [-0.39, 0.29) is 11.8 Å². The highest BCUT2D eigenvalue weighted by atomic mass is 35.5. The molecule has 0 fully saturated rings. The van der Waals surface area contributed by atoms with Gasteiger partial charge in [-0.15, -0.1) is 0 Å². The van der Waals surface area contributed by atoms with Crippen molar-refractivity contribution < 1.29 is 13.9 Å². The molecule has 0 saturated carbocycles. The molecule has 0 spiro atoms. The highest BCUT2D eigenvalue weighted by molar-refractivity contribution is 6.31. The third kappa shape index (κ3) is 4.02. The van der Waals surface area contributed by atoms with E-state index >= 15 is 0 Å². The Morgan fingerprint density at radius 1 is 1.18 bits per heavy atom. The maximum atomic E-state index is 13.7. The average Bonchev–Trinajstić information content (AvgIpc) is 3.18. The van der Waals surface area contributed by atoms with E-state index in [1.54, 1.807) is 17.0 Å². The van der Waals surface area contributed by atoms with Gasteiger partial charge in [0.15, 0.2) is 0 Å². The lowest BCUT2D eigenvalue weighted by Crippen LogP contribution is -2.43. The Kier molecular flexibility index (Phi) is 5.68. The summed E-state index contributed by atoms with van der Waals surface area (Å²) < 4.78 is 19.4. The van der Waals surface area contributed by atoms with Crippen LogP contribution in [-0.2, 0) is 6.42 Å². The van der Waals surface area contributed by atoms with Crippen LogP contribution in [0.1, 0.15) is 29.8 Å². The van der Waals surface area contributed by atoms with Crippen molar-refractivity contribution in [2.75, 3.05) is 18.5 Å². The summed E-state index contributed by atoms with van der Waals surface area (Å²) >= 11 is 6.26. The lowest BCUT2D eigenvalue weighted by atomic mass is 9.92. The molecule has 5 nitrogen and oxygen atoms in total. The van der Waals surface area contributed by atoms with Crippen molar-refractivity contribution in [3.8, 4) is 5.75 Å². The molecular weight excluding hydrogens is 441 g/mol. The van der Waals surface area contributed by atoms with Crippen molar-refractivity contribution in [2.45, 2.75) is 19.4 Å². The molecule has 0 bridgehead atoms. The Balaban J connectivity index is 1.56. The van der Waals surface area contributed by atoms with E-state index in [1.807, 2.05) is 49.4 Å². The van der Waals surface area contributed by atoms with E-state index in [0.29, 0.717) is 36.0 Å². The molecule has 0 aliphatic carbocycles. The maximum Gasteiger partial charge on any atom is 0.322 e. The van der Waals surface area contributed by atoms with Crippen LogP contribution in [0.5, 0.6) is 5.75 Å². The van der Waals surface area contributed by atoms with Crippen LogP contribution in [0, 0.1) is 5.82 Å². The zero-order chi connectivity index (χ0) is 22.9. The van der Waals surface area contributed by atoms with E-state index in [0.717, 1.165) is 27.7 Å². The van der Waals surface area contributed by atoms with Crippen LogP contribution in [0.25, 0.3) is 10.9 Å². The van der Waals surface area contributed by atoms with E-state index in [1.165, 1.54) is 12.1 Å². The Hall–Kier alpha value is -3.51. The zero-order valence-corrected chi connectivity index (χ0v) is 18.8. The molecule has 2 heterocycles. The van der Waals surface area contributed by atoms with Gasteiger partial charge in [0.25, 0.3) is 0 Å². The Bertz CT molecular complexity index is 1320. The molecule has 1 aliphatic rings. The van der Waals surface area contributed by atoms with Crippen molar-refractivity contribution >= 4 is 34.2 Å². The van der Waals surface area contributed by atoms with E-state index in [2.05, 4.69) is 10.3 Å². The van der Waals surface area contributed by atoms with Crippen LogP contribution in [-0.4, -0.2) is 29.1 Å². The summed E-state index contributed by atoms with van der Waals surface area (Å²) in [5, 5.41) is 4.71. The van der Waals surface area contributed by atoms with Gasteiger partial charge in [0.2, 0.25) is 0 Å². The minimum absolute atomic E-state index is 0.251. The van der Waals surface area contributed by atoms with Crippen LogP contribution in [0.15, 0.2) is 66.7 Å². The van der Waals surface area contributed by atoms with Gasteiger partial charge >= 0.3 is 6.03 Å². The summed E-state index contributed by atoms with van der Waals surface area (Å²) in [7, 11) is 0. The number of anilines is 1. The lowest BCUT2D eigenvalue weighted by Gasteiger charge is -2.36. The maximum absolute atomic E-state index is 13.7. The number of aromatic amines is 1. The molecule has 3 aromatic carbocycles. The fraction of sp³-hybridized carbons (Fsp3) is 0.192. The number of aromatic nitrogens is 1. The topological polar surface area (TPSA) is 57.4 Å². The number of urea groups is 1. The fourth-order valence-electron chi connectivity index (χ4n) is 4.51. The van der Waals surface area contributed by atoms with Crippen LogP contribution >= 0.6 is 11.6 Å². The number of hydrogen-bond acceptors (Lipinski definition) is 2. The van der Waals surface area contributed by atoms with Gasteiger partial charge in [-0.1, -0.05) is 35.9 Å². The number of halogens is 2. The van der Waals surface area contributed by atoms with Crippen molar-refractivity contribution in [3.63, 3.8) is 0 Å². The molecule has 1 atom stereocenters. The first-order valence-corrected chi connectivity index (χ1v) is 11.3. The van der Waals surface area contributed by atoms with E-state index in [9.17, 15) is 9.18 Å². The van der Waals surface area contributed by atoms with Crippen LogP contribution in [0.2, 0.25) is 5.02 Å². The molecule has 33 heavy (non-hydrogen) atoms. The predicted octanol–water partition coefficient (Wildman–Crippen LogP) is 6.54. The molecule has 0 unspecified atom stereocenters. The number of nitrogens with zero attached hydrogens (tertiary/aromatic N) is 1. The summed E-state index contributed by atoms with van der Waals surface area (Å²) in [6.07, 6.45) is 0.675. The van der Waals surface area contributed by atoms with Crippen molar-refractivity contribution in [3.05, 3.63) is 94.4 Å². The average molecular weight is 464 g/mol. The molecule has 7 heteroatoms. The van der Waals surface area contributed by atoms with E-state index < -0.39 is 6.04 Å². The monoisotopic (exact) mass is 463 g/mol. The number of ether oxygens (including phenoxy) is 1. The van der Waals surface area contributed by atoms with Gasteiger partial charge in [-0.05, 0) is 66.9 Å². The second kappa shape index (κ2) is 8.79. The molecule has 2 amide bonds. The number of rotatable bonds is 4. The fourth-order valence-corrected chi connectivity index (χ4v) is 4.68. The first-order valence-electron chi connectivity index (χ1n) is 10.9. The second-order valence-electron chi connectivity index (χ2n) is 7.96. The summed E-state index contributed by atoms with van der Waals surface area (Å²) in [4.78, 5) is 18.8. The minimum atomic E-state index is -0.403. The van der Waals surface area contributed by atoms with Crippen LogP contribution < -0.4 is 10.1 Å². The van der Waals surface area contributed by atoms with Gasteiger partial charge < -0.3 is 19.9 Å². The third-order valence-corrected chi connectivity index (χ3v) is 6.20. The number of H-pyrrole nitrogens is 1.